The molecule has 1 amide bonds. The second kappa shape index (κ2) is 13.9. The van der Waals surface area contributed by atoms with Crippen molar-refractivity contribution in [2.75, 3.05) is 38.9 Å². The van der Waals surface area contributed by atoms with Gasteiger partial charge in [-0.25, -0.2) is 8.78 Å². The second-order valence-corrected chi connectivity index (χ2v) is 9.55. The molecular formula is C33H29F2N3O7. The van der Waals surface area contributed by atoms with E-state index in [0.717, 1.165) is 6.07 Å². The Morgan fingerprint density at radius 1 is 1.04 bits per heavy atom. The van der Waals surface area contributed by atoms with Crippen molar-refractivity contribution in [1.82, 2.24) is 4.57 Å². The number of hydrogen-bond donors (Lipinski definition) is 1. The molecule has 12 heteroatoms. The van der Waals surface area contributed by atoms with Gasteiger partial charge in [0.1, 0.15) is 37.0 Å². The van der Waals surface area contributed by atoms with Gasteiger partial charge in [0.2, 0.25) is 5.75 Å². The largest absolute Gasteiger partial charge is 0.487 e. The highest BCUT2D eigenvalue weighted by molar-refractivity contribution is 6.04. The van der Waals surface area contributed by atoms with Crippen molar-refractivity contribution in [3.8, 4) is 28.7 Å². The third-order valence-electron chi connectivity index (χ3n) is 6.69. The van der Waals surface area contributed by atoms with Crippen LogP contribution in [-0.4, -0.2) is 50.7 Å². The molecule has 1 aliphatic heterocycles. The summed E-state index contributed by atoms with van der Waals surface area (Å²) >= 11 is 0. The Kier molecular flexibility index (Phi) is 9.54. The number of fused-ring (bicyclic) bond motifs is 1. The molecule has 0 bridgehead atoms. The molecule has 0 atom stereocenters. The van der Waals surface area contributed by atoms with Crippen LogP contribution in [0.25, 0.3) is 11.4 Å². The van der Waals surface area contributed by atoms with Crippen LogP contribution in [0.3, 0.4) is 0 Å². The highest BCUT2D eigenvalue weighted by Gasteiger charge is 2.28. The normalized spacial score (nSPS) is 12.4. The maximum Gasteiger partial charge on any atom is 0.267 e. The van der Waals surface area contributed by atoms with E-state index in [2.05, 4.69) is 17.0 Å². The number of pyridine rings is 1. The minimum atomic E-state index is -0.789. The number of rotatable bonds is 11. The number of carbonyl (C=O) groups is 1. The standard InChI is InChI=1S/C33H29F2N3O7/c1-4-26(29-25(36-2)19-28(42-15-14-41-3)30-31(29)44-17-16-43-30)45-27-12-9-21(18-24(27)35)37-32(39)23-6-5-13-38(33(23)40)22-10-7-20(34)8-11-22/h4-13,18-19H,2,14-17H2,1,3H3,(H,37,39)/b26-4+. The molecule has 0 aliphatic carbocycles. The van der Waals surface area contributed by atoms with Gasteiger partial charge in [-0.3, -0.25) is 19.1 Å². The molecule has 0 saturated carbocycles. The van der Waals surface area contributed by atoms with Gasteiger partial charge in [0, 0.05) is 36.8 Å². The van der Waals surface area contributed by atoms with Crippen LogP contribution in [0.15, 0.2) is 82.7 Å². The van der Waals surface area contributed by atoms with Crippen molar-refractivity contribution in [3.05, 3.63) is 106 Å². The molecule has 45 heavy (non-hydrogen) atoms. The number of allylic oxidation sites excluding steroid dienone is 1. The zero-order chi connectivity index (χ0) is 31.9. The average Bonchev–Trinajstić information content (AvgIpc) is 3.05. The summed E-state index contributed by atoms with van der Waals surface area (Å²) in [7, 11) is 1.56. The first-order valence-electron chi connectivity index (χ1n) is 13.8. The maximum atomic E-state index is 15.3. The Morgan fingerprint density at radius 2 is 1.80 bits per heavy atom. The van der Waals surface area contributed by atoms with Gasteiger partial charge in [0.05, 0.1) is 17.9 Å². The van der Waals surface area contributed by atoms with E-state index < -0.39 is 23.1 Å². The van der Waals surface area contributed by atoms with Crippen LogP contribution in [0.4, 0.5) is 20.2 Å². The summed E-state index contributed by atoms with van der Waals surface area (Å²) in [6.07, 6.45) is 3.07. The molecule has 0 spiro atoms. The number of hydrogen-bond acceptors (Lipinski definition) is 8. The number of aromatic nitrogens is 1. The third kappa shape index (κ3) is 6.70. The third-order valence-corrected chi connectivity index (χ3v) is 6.69. The average molecular weight is 618 g/mol. The minimum Gasteiger partial charge on any atom is -0.487 e. The van der Waals surface area contributed by atoms with E-state index in [1.165, 1.54) is 59.3 Å². The smallest absolute Gasteiger partial charge is 0.267 e. The molecule has 0 unspecified atom stereocenters. The van der Waals surface area contributed by atoms with Gasteiger partial charge in [-0.2, -0.15) is 0 Å². The zero-order valence-electron chi connectivity index (χ0n) is 24.5. The molecular weight excluding hydrogens is 588 g/mol. The van der Waals surface area contributed by atoms with Crippen molar-refractivity contribution in [2.24, 2.45) is 4.99 Å². The lowest BCUT2D eigenvalue weighted by molar-refractivity contribution is 0.102. The number of methoxy groups -OCH3 is 1. The molecule has 232 valence electrons. The van der Waals surface area contributed by atoms with Crippen LogP contribution in [0.1, 0.15) is 22.8 Å². The van der Waals surface area contributed by atoms with Gasteiger partial charge in [0.25, 0.3) is 11.5 Å². The lowest BCUT2D eigenvalue weighted by atomic mass is 10.1. The predicted molar refractivity (Wildman–Crippen MR) is 165 cm³/mol. The molecule has 4 aromatic rings. The van der Waals surface area contributed by atoms with Gasteiger partial charge < -0.3 is 29.0 Å². The van der Waals surface area contributed by atoms with E-state index in [1.54, 1.807) is 26.2 Å². The molecule has 5 rings (SSSR count). The summed E-state index contributed by atoms with van der Waals surface area (Å²) < 4.78 is 58.5. The van der Waals surface area contributed by atoms with E-state index in [-0.39, 0.29) is 36.0 Å². The van der Waals surface area contributed by atoms with Gasteiger partial charge in [-0.1, -0.05) is 0 Å². The summed E-state index contributed by atoms with van der Waals surface area (Å²) in [5.74, 6) is -0.899. The lowest BCUT2D eigenvalue weighted by Crippen LogP contribution is -2.27. The van der Waals surface area contributed by atoms with Crippen LogP contribution in [0.2, 0.25) is 0 Å². The van der Waals surface area contributed by atoms with E-state index in [9.17, 15) is 14.0 Å². The second-order valence-electron chi connectivity index (χ2n) is 9.55. The van der Waals surface area contributed by atoms with Crippen molar-refractivity contribution >= 4 is 29.8 Å². The van der Waals surface area contributed by atoms with E-state index >= 15 is 4.39 Å². The minimum absolute atomic E-state index is 0.0867. The van der Waals surface area contributed by atoms with Crippen molar-refractivity contribution in [2.45, 2.75) is 6.92 Å². The van der Waals surface area contributed by atoms with Gasteiger partial charge >= 0.3 is 0 Å². The first-order valence-corrected chi connectivity index (χ1v) is 13.8. The number of anilines is 1. The highest BCUT2D eigenvalue weighted by Crippen LogP contribution is 2.49. The number of aliphatic imine (C=N–C) groups is 1. The number of carbonyl (C=O) groups excluding carboxylic acids is 1. The topological polar surface area (TPSA) is 110 Å². The summed E-state index contributed by atoms with van der Waals surface area (Å²) in [5.41, 5.74) is 0.395. The van der Waals surface area contributed by atoms with Gasteiger partial charge in [-0.05, 0) is 68.2 Å². The Bertz CT molecular complexity index is 1820. The predicted octanol–water partition coefficient (Wildman–Crippen LogP) is 5.94. The number of nitrogens with zero attached hydrogens (tertiary/aromatic N) is 2. The molecule has 0 radical (unpaired) electrons. The molecule has 1 aromatic heterocycles. The Balaban J connectivity index is 1.38. The fourth-order valence-corrected chi connectivity index (χ4v) is 4.57. The molecule has 10 nitrogen and oxygen atoms in total. The molecule has 0 saturated heterocycles. The first-order chi connectivity index (χ1) is 21.8. The highest BCUT2D eigenvalue weighted by atomic mass is 19.1. The SMILES string of the molecule is C=Nc1cc(OCCOC)c2c(c1/C(=C\C)Oc1ccc(NC(=O)c3cccn(-c4ccc(F)cc4)c3=O)cc1F)OCCO2. The zero-order valence-corrected chi connectivity index (χ0v) is 24.5. The van der Waals surface area contributed by atoms with Crippen molar-refractivity contribution in [1.29, 1.82) is 0 Å². The van der Waals surface area contributed by atoms with Crippen molar-refractivity contribution < 1.29 is 37.3 Å². The summed E-state index contributed by atoms with van der Waals surface area (Å²) in [6, 6.07) is 13.6. The Morgan fingerprint density at radius 3 is 2.49 bits per heavy atom. The number of benzene rings is 3. The van der Waals surface area contributed by atoms with Crippen LogP contribution in [0.5, 0.6) is 23.0 Å². The number of amides is 1. The Hall–Kier alpha value is -5.49. The quantitative estimate of drug-likeness (QED) is 0.126. The van der Waals surface area contributed by atoms with E-state index in [4.69, 9.17) is 23.7 Å². The monoisotopic (exact) mass is 617 g/mol. The van der Waals surface area contributed by atoms with Crippen LogP contribution < -0.4 is 29.8 Å². The maximum absolute atomic E-state index is 15.3. The molecule has 1 aliphatic rings. The van der Waals surface area contributed by atoms with Crippen LogP contribution >= 0.6 is 0 Å². The number of nitrogens with one attached hydrogen (secondary N) is 1. The first kappa shape index (κ1) is 31.0. The van der Waals surface area contributed by atoms with Crippen molar-refractivity contribution in [3.63, 3.8) is 0 Å². The summed E-state index contributed by atoms with van der Waals surface area (Å²) in [6.45, 7) is 6.52. The fourth-order valence-electron chi connectivity index (χ4n) is 4.57. The number of halogens is 2. The molecule has 3 aromatic carbocycles. The lowest BCUT2D eigenvalue weighted by Gasteiger charge is -2.25. The van der Waals surface area contributed by atoms with Crippen LogP contribution in [-0.2, 0) is 4.74 Å². The summed E-state index contributed by atoms with van der Waals surface area (Å²) in [5, 5.41) is 2.54. The molecule has 0 fully saturated rings. The molecule has 2 heterocycles. The fraction of sp³-hybridized carbons (Fsp3) is 0.182. The van der Waals surface area contributed by atoms with Gasteiger partial charge in [-0.15, -0.1) is 0 Å². The van der Waals surface area contributed by atoms with E-state index in [1.807, 2.05) is 0 Å². The molecule has 1 N–H and O–H groups in total. The van der Waals surface area contributed by atoms with E-state index in [0.29, 0.717) is 47.4 Å². The Labute approximate surface area is 257 Å². The summed E-state index contributed by atoms with van der Waals surface area (Å²) in [4.78, 5) is 30.1. The van der Waals surface area contributed by atoms with Gasteiger partial charge in [0.15, 0.2) is 23.1 Å². The van der Waals surface area contributed by atoms with Crippen LogP contribution in [0, 0.1) is 11.6 Å². The number of ether oxygens (including phenoxy) is 5.